The van der Waals surface area contributed by atoms with E-state index in [1.165, 1.54) is 0 Å². The van der Waals surface area contributed by atoms with Gasteiger partial charge in [0.05, 0.1) is 0 Å². The molecule has 1 heteroatoms. The second kappa shape index (κ2) is 5.83. The summed E-state index contributed by atoms with van der Waals surface area (Å²) in [6, 6.07) is 0. The molecular weight excluding hydrogens is 104 g/mol. The van der Waals surface area contributed by atoms with Gasteiger partial charge in [0, 0.05) is 0 Å². The molecule has 0 N–H and O–H groups in total. The average molecular weight is 114 g/mol. The SMILES string of the molecule is C=CCC=CSC. The lowest BCUT2D eigenvalue weighted by molar-refractivity contribution is 1.42. The lowest BCUT2D eigenvalue weighted by atomic mass is 10.4. The quantitative estimate of drug-likeness (QED) is 0.508. The highest BCUT2D eigenvalue weighted by Crippen LogP contribution is 1.94. The van der Waals surface area contributed by atoms with Crippen LogP contribution in [0, 0.1) is 0 Å². The van der Waals surface area contributed by atoms with E-state index in [1.54, 1.807) is 11.8 Å². The van der Waals surface area contributed by atoms with Crippen LogP contribution in [0.3, 0.4) is 0 Å². The Kier molecular flexibility index (Phi) is 5.69. The van der Waals surface area contributed by atoms with Crippen molar-refractivity contribution in [3.05, 3.63) is 24.1 Å². The zero-order chi connectivity index (χ0) is 5.54. The summed E-state index contributed by atoms with van der Waals surface area (Å²) in [7, 11) is 0. The van der Waals surface area contributed by atoms with Gasteiger partial charge >= 0.3 is 0 Å². The van der Waals surface area contributed by atoms with Crippen LogP contribution in [0.25, 0.3) is 0 Å². The van der Waals surface area contributed by atoms with Crippen molar-refractivity contribution in [1.82, 2.24) is 0 Å². The summed E-state index contributed by atoms with van der Waals surface area (Å²) in [4.78, 5) is 0. The van der Waals surface area contributed by atoms with Crippen molar-refractivity contribution in [3.63, 3.8) is 0 Å². The molecule has 0 aromatic carbocycles. The molecule has 0 spiro atoms. The Labute approximate surface area is 49.3 Å². The van der Waals surface area contributed by atoms with Crippen molar-refractivity contribution < 1.29 is 0 Å². The van der Waals surface area contributed by atoms with Crippen LogP contribution in [-0.4, -0.2) is 6.26 Å². The fourth-order valence-electron chi connectivity index (χ4n) is 0.248. The second-order valence-electron chi connectivity index (χ2n) is 1.13. The smallest absolute Gasteiger partial charge is 0.0142 e. The van der Waals surface area contributed by atoms with Gasteiger partial charge in [-0.05, 0) is 18.1 Å². The molecule has 0 bridgehead atoms. The maximum absolute atomic E-state index is 3.57. The molecule has 0 fully saturated rings. The molecule has 0 atom stereocenters. The van der Waals surface area contributed by atoms with Crippen molar-refractivity contribution in [1.29, 1.82) is 0 Å². The van der Waals surface area contributed by atoms with Crippen LogP contribution in [0.1, 0.15) is 6.42 Å². The number of hydrogen-bond donors (Lipinski definition) is 0. The van der Waals surface area contributed by atoms with E-state index in [2.05, 4.69) is 18.1 Å². The molecule has 0 rings (SSSR count). The van der Waals surface area contributed by atoms with Crippen LogP contribution >= 0.6 is 11.8 Å². The highest BCUT2D eigenvalue weighted by molar-refractivity contribution is 8.01. The molecule has 0 aliphatic heterocycles. The van der Waals surface area contributed by atoms with E-state index in [9.17, 15) is 0 Å². The van der Waals surface area contributed by atoms with E-state index in [4.69, 9.17) is 0 Å². The van der Waals surface area contributed by atoms with Gasteiger partial charge in [0.25, 0.3) is 0 Å². The predicted molar refractivity (Wildman–Crippen MR) is 37.5 cm³/mol. The molecule has 0 radical (unpaired) electrons. The summed E-state index contributed by atoms with van der Waals surface area (Å²) in [5.41, 5.74) is 0. The standard InChI is InChI=1S/C6H10S/c1-3-4-5-6-7-2/h3,5-6H,1,4H2,2H3. The monoisotopic (exact) mass is 114 g/mol. The Morgan fingerprint density at radius 3 is 2.86 bits per heavy atom. The topological polar surface area (TPSA) is 0 Å². The van der Waals surface area contributed by atoms with Crippen LogP contribution in [0.5, 0.6) is 0 Å². The van der Waals surface area contributed by atoms with Gasteiger partial charge in [-0.25, -0.2) is 0 Å². The zero-order valence-corrected chi connectivity index (χ0v) is 5.37. The average Bonchev–Trinajstić information content (AvgIpc) is 1.69. The van der Waals surface area contributed by atoms with Gasteiger partial charge in [-0.2, -0.15) is 0 Å². The highest BCUT2D eigenvalue weighted by atomic mass is 32.2. The third-order valence-electron chi connectivity index (χ3n) is 0.535. The second-order valence-corrected chi connectivity index (χ2v) is 1.88. The number of rotatable bonds is 3. The summed E-state index contributed by atoms with van der Waals surface area (Å²) >= 11 is 1.71. The minimum atomic E-state index is 0.987. The van der Waals surface area contributed by atoms with Crippen LogP contribution in [-0.2, 0) is 0 Å². The minimum Gasteiger partial charge on any atom is -0.138 e. The fraction of sp³-hybridized carbons (Fsp3) is 0.333. The third-order valence-corrected chi connectivity index (χ3v) is 1.000. The number of thioether (sulfide) groups is 1. The summed E-state index contributed by atoms with van der Waals surface area (Å²) in [5, 5.41) is 2.06. The molecule has 0 nitrogen and oxygen atoms in total. The Bertz CT molecular complexity index is 64.6. The molecule has 0 amide bonds. The Balaban J connectivity index is 2.92. The van der Waals surface area contributed by atoms with Crippen LogP contribution in [0.4, 0.5) is 0 Å². The fourth-order valence-corrected chi connectivity index (χ4v) is 0.552. The molecular formula is C6H10S. The molecule has 40 valence electrons. The molecule has 0 aliphatic carbocycles. The van der Waals surface area contributed by atoms with E-state index in [0.717, 1.165) is 6.42 Å². The van der Waals surface area contributed by atoms with Crippen molar-refractivity contribution >= 4 is 11.8 Å². The van der Waals surface area contributed by atoms with E-state index in [0.29, 0.717) is 0 Å². The molecule has 0 aromatic rings. The first-order valence-corrected chi connectivity index (χ1v) is 3.49. The van der Waals surface area contributed by atoms with E-state index in [-0.39, 0.29) is 0 Å². The molecule has 0 saturated carbocycles. The van der Waals surface area contributed by atoms with Crippen LogP contribution in [0.15, 0.2) is 24.1 Å². The Hall–Kier alpha value is -0.170. The van der Waals surface area contributed by atoms with E-state index in [1.807, 2.05) is 12.3 Å². The summed E-state index contributed by atoms with van der Waals surface area (Å²) in [5.74, 6) is 0. The van der Waals surface area contributed by atoms with Crippen molar-refractivity contribution in [2.75, 3.05) is 6.26 Å². The van der Waals surface area contributed by atoms with Gasteiger partial charge in [-0.1, -0.05) is 12.2 Å². The zero-order valence-electron chi connectivity index (χ0n) is 4.55. The first-order chi connectivity index (χ1) is 3.41. The van der Waals surface area contributed by atoms with Crippen LogP contribution < -0.4 is 0 Å². The summed E-state index contributed by atoms with van der Waals surface area (Å²) in [6.07, 6.45) is 6.99. The molecule has 0 saturated heterocycles. The summed E-state index contributed by atoms with van der Waals surface area (Å²) < 4.78 is 0. The number of allylic oxidation sites excluding steroid dienone is 2. The molecule has 7 heavy (non-hydrogen) atoms. The molecule has 0 heterocycles. The van der Waals surface area contributed by atoms with Crippen molar-refractivity contribution in [2.24, 2.45) is 0 Å². The normalized spacial score (nSPS) is 9.86. The maximum Gasteiger partial charge on any atom is -0.0142 e. The first kappa shape index (κ1) is 6.83. The van der Waals surface area contributed by atoms with Crippen molar-refractivity contribution in [3.8, 4) is 0 Å². The van der Waals surface area contributed by atoms with Crippen LogP contribution in [0.2, 0.25) is 0 Å². The molecule has 0 aromatic heterocycles. The summed E-state index contributed by atoms with van der Waals surface area (Å²) in [6.45, 7) is 3.57. The predicted octanol–water partition coefficient (Wildman–Crippen LogP) is 2.44. The van der Waals surface area contributed by atoms with Crippen molar-refractivity contribution in [2.45, 2.75) is 6.42 Å². The maximum atomic E-state index is 3.57. The minimum absolute atomic E-state index is 0.987. The lowest BCUT2D eigenvalue weighted by Gasteiger charge is -1.75. The van der Waals surface area contributed by atoms with E-state index >= 15 is 0 Å². The first-order valence-electron chi connectivity index (χ1n) is 2.20. The third kappa shape index (κ3) is 5.83. The van der Waals surface area contributed by atoms with Gasteiger partial charge in [-0.15, -0.1) is 18.3 Å². The highest BCUT2D eigenvalue weighted by Gasteiger charge is 1.63. The van der Waals surface area contributed by atoms with Gasteiger partial charge in [0.15, 0.2) is 0 Å². The van der Waals surface area contributed by atoms with Gasteiger partial charge < -0.3 is 0 Å². The lowest BCUT2D eigenvalue weighted by Crippen LogP contribution is -1.50. The Morgan fingerprint density at radius 1 is 1.71 bits per heavy atom. The van der Waals surface area contributed by atoms with Gasteiger partial charge in [-0.3, -0.25) is 0 Å². The largest absolute Gasteiger partial charge is 0.138 e. The Morgan fingerprint density at radius 2 is 2.43 bits per heavy atom. The van der Waals surface area contributed by atoms with Gasteiger partial charge in [0.2, 0.25) is 0 Å². The molecule has 0 unspecified atom stereocenters. The molecule has 0 aliphatic rings. The van der Waals surface area contributed by atoms with Gasteiger partial charge in [0.1, 0.15) is 0 Å². The number of hydrogen-bond acceptors (Lipinski definition) is 1. The van der Waals surface area contributed by atoms with E-state index < -0.39 is 0 Å².